The Balaban J connectivity index is 1.19. The smallest absolute Gasteiger partial charge is 0.135 e. The second kappa shape index (κ2) is 12.9. The van der Waals surface area contributed by atoms with Crippen LogP contribution in [0.1, 0.15) is 95.2 Å². The third-order valence-corrected chi connectivity index (χ3v) is 11.8. The maximum atomic E-state index is 10.5. The molecule has 0 aromatic heterocycles. The molecule has 0 bridgehead atoms. The van der Waals surface area contributed by atoms with Gasteiger partial charge in [0.15, 0.2) is 0 Å². The van der Waals surface area contributed by atoms with Crippen molar-refractivity contribution in [2.45, 2.75) is 44.9 Å². The van der Waals surface area contributed by atoms with Gasteiger partial charge in [0.25, 0.3) is 0 Å². The lowest BCUT2D eigenvalue weighted by molar-refractivity contribution is 0.376. The van der Waals surface area contributed by atoms with Crippen LogP contribution in [0.25, 0.3) is 51.8 Å². The molecule has 0 saturated carbocycles. The minimum Gasteiger partial charge on any atom is -0.496 e. The SMILES string of the molecule is C=C1CCN2CCC(=C)c3c(OC)c(C=Cc4ccc5c(C#N)c(C=Cc6cc7c8c(c6OC)C(C)(C)CCN8CCC7=C)ccc5c4C#N)cc1c32. The molecular weight excluding hydrogens is 653 g/mol. The summed E-state index contributed by atoms with van der Waals surface area (Å²) >= 11 is 0. The standard InChI is InChI=1S/C47H44N4O2/c1-28-16-20-50-22-18-30(3)41-43(50)37(28)24-33(45(41)52-6)10-8-31-12-14-36-35(39(31)26-48)15-13-32(40(36)27-49)9-11-34-25-38-29(2)17-21-51-23-19-47(4,5)42(44(38)51)46(34)53-7/h8-15,24-25H,1-3,16-23H2,4-7H3. The molecule has 0 amide bonds. The molecule has 0 saturated heterocycles. The summed E-state index contributed by atoms with van der Waals surface area (Å²) in [5, 5.41) is 22.5. The highest BCUT2D eigenvalue weighted by molar-refractivity contribution is 6.00. The van der Waals surface area contributed by atoms with E-state index < -0.39 is 0 Å². The number of ether oxygens (including phenoxy) is 2. The van der Waals surface area contributed by atoms with Crippen molar-refractivity contribution < 1.29 is 9.47 Å². The maximum absolute atomic E-state index is 10.5. The number of hydrogen-bond acceptors (Lipinski definition) is 6. The van der Waals surface area contributed by atoms with Crippen molar-refractivity contribution in [1.82, 2.24) is 0 Å². The Hall–Kier alpha value is -5.98. The summed E-state index contributed by atoms with van der Waals surface area (Å²) in [6.07, 6.45) is 11.8. The maximum Gasteiger partial charge on any atom is 0.135 e. The van der Waals surface area contributed by atoms with E-state index in [1.807, 2.05) is 42.5 Å². The lowest BCUT2D eigenvalue weighted by Crippen LogP contribution is -2.40. The molecule has 0 spiro atoms. The molecule has 4 aromatic rings. The molecule has 0 atom stereocenters. The largest absolute Gasteiger partial charge is 0.496 e. The number of anilines is 2. The number of rotatable bonds is 6. The van der Waals surface area contributed by atoms with Crippen molar-refractivity contribution in [2.24, 2.45) is 0 Å². The average molecular weight is 697 g/mol. The van der Waals surface area contributed by atoms with E-state index in [1.165, 1.54) is 22.5 Å². The van der Waals surface area contributed by atoms with Gasteiger partial charge in [0.1, 0.15) is 23.6 Å². The Bertz CT molecular complexity index is 2450. The Kier molecular flexibility index (Phi) is 8.31. The van der Waals surface area contributed by atoms with Crippen LogP contribution in [0.3, 0.4) is 0 Å². The molecule has 0 fully saturated rings. The molecule has 264 valence electrons. The Morgan fingerprint density at radius 3 is 1.64 bits per heavy atom. The first-order valence-corrected chi connectivity index (χ1v) is 18.4. The third kappa shape index (κ3) is 5.36. The molecule has 4 aromatic carbocycles. The van der Waals surface area contributed by atoms with Gasteiger partial charge in [-0.1, -0.05) is 82.2 Å². The van der Waals surface area contributed by atoms with Crippen LogP contribution in [0, 0.1) is 22.7 Å². The van der Waals surface area contributed by atoms with Crippen molar-refractivity contribution in [3.8, 4) is 23.6 Å². The quantitative estimate of drug-likeness (QED) is 0.187. The summed E-state index contributed by atoms with van der Waals surface area (Å²) in [6, 6.07) is 17.0. The lowest BCUT2D eigenvalue weighted by atomic mass is 9.73. The van der Waals surface area contributed by atoms with Gasteiger partial charge >= 0.3 is 0 Å². The summed E-state index contributed by atoms with van der Waals surface area (Å²) < 4.78 is 12.2. The van der Waals surface area contributed by atoms with E-state index in [2.05, 4.69) is 73.7 Å². The summed E-state index contributed by atoms with van der Waals surface area (Å²) in [5.41, 5.74) is 14.8. The topological polar surface area (TPSA) is 72.5 Å². The molecular formula is C47H44N4O2. The van der Waals surface area contributed by atoms with E-state index in [0.717, 1.165) is 124 Å². The van der Waals surface area contributed by atoms with Crippen LogP contribution in [0.4, 0.5) is 11.4 Å². The zero-order valence-electron chi connectivity index (χ0n) is 31.2. The van der Waals surface area contributed by atoms with Crippen LogP contribution in [-0.4, -0.2) is 40.4 Å². The highest BCUT2D eigenvalue weighted by atomic mass is 16.5. The minimum atomic E-state index is -0.0557. The minimum absolute atomic E-state index is 0.0557. The molecule has 0 unspecified atom stereocenters. The van der Waals surface area contributed by atoms with Crippen LogP contribution in [0.2, 0.25) is 0 Å². The molecule has 0 radical (unpaired) electrons. The van der Waals surface area contributed by atoms with E-state index in [0.29, 0.717) is 11.1 Å². The number of nitriles is 2. The van der Waals surface area contributed by atoms with Crippen LogP contribution < -0.4 is 19.3 Å². The zero-order chi connectivity index (χ0) is 37.2. The summed E-state index contributed by atoms with van der Waals surface area (Å²) in [7, 11) is 3.45. The Labute approximate surface area is 312 Å². The van der Waals surface area contributed by atoms with Crippen molar-refractivity contribution in [1.29, 1.82) is 10.5 Å². The van der Waals surface area contributed by atoms with Gasteiger partial charge in [0.2, 0.25) is 0 Å². The van der Waals surface area contributed by atoms with Crippen LogP contribution in [0.15, 0.2) is 56.1 Å². The highest BCUT2D eigenvalue weighted by Gasteiger charge is 2.39. The van der Waals surface area contributed by atoms with Gasteiger partial charge in [-0.25, -0.2) is 0 Å². The van der Waals surface area contributed by atoms with Crippen molar-refractivity contribution in [3.63, 3.8) is 0 Å². The second-order valence-electron chi connectivity index (χ2n) is 15.3. The Morgan fingerprint density at radius 1 is 0.642 bits per heavy atom. The van der Waals surface area contributed by atoms with Gasteiger partial charge in [-0.05, 0) is 71.1 Å². The number of methoxy groups -OCH3 is 2. The molecule has 0 aliphatic carbocycles. The zero-order valence-corrected chi connectivity index (χ0v) is 31.2. The number of hydrogen-bond donors (Lipinski definition) is 0. The molecule has 53 heavy (non-hydrogen) atoms. The van der Waals surface area contributed by atoms with Gasteiger partial charge in [-0.3, -0.25) is 0 Å². The number of fused-ring (bicyclic) bond motifs is 1. The highest BCUT2D eigenvalue weighted by Crippen LogP contribution is 2.52. The monoisotopic (exact) mass is 696 g/mol. The van der Waals surface area contributed by atoms with Crippen LogP contribution in [0.5, 0.6) is 11.5 Å². The lowest BCUT2D eigenvalue weighted by Gasteiger charge is -2.45. The Morgan fingerprint density at radius 2 is 1.11 bits per heavy atom. The molecule has 6 heteroatoms. The van der Waals surface area contributed by atoms with Gasteiger partial charge in [-0.2, -0.15) is 10.5 Å². The summed E-state index contributed by atoms with van der Waals surface area (Å²) in [4.78, 5) is 4.90. The van der Waals surface area contributed by atoms with Crippen molar-refractivity contribution in [2.75, 3.05) is 50.2 Å². The fourth-order valence-electron chi connectivity index (χ4n) is 8.93. The molecule has 4 aliphatic rings. The van der Waals surface area contributed by atoms with Gasteiger partial charge in [0, 0.05) is 70.3 Å². The van der Waals surface area contributed by atoms with Crippen molar-refractivity contribution >= 4 is 63.2 Å². The average Bonchev–Trinajstić information content (AvgIpc) is 3.16. The predicted molar refractivity (Wildman–Crippen MR) is 220 cm³/mol. The van der Waals surface area contributed by atoms with Gasteiger partial charge < -0.3 is 19.3 Å². The van der Waals surface area contributed by atoms with Crippen LogP contribution >= 0.6 is 0 Å². The fourth-order valence-corrected chi connectivity index (χ4v) is 8.93. The van der Waals surface area contributed by atoms with E-state index in [4.69, 9.17) is 9.47 Å². The first-order chi connectivity index (χ1) is 25.6. The molecule has 4 aliphatic heterocycles. The third-order valence-electron chi connectivity index (χ3n) is 11.8. The summed E-state index contributed by atoms with van der Waals surface area (Å²) in [6.45, 7) is 21.7. The van der Waals surface area contributed by atoms with Gasteiger partial charge in [-0.15, -0.1) is 0 Å². The van der Waals surface area contributed by atoms with Gasteiger partial charge in [0.05, 0.1) is 36.7 Å². The number of nitrogens with zero attached hydrogens (tertiary/aromatic N) is 4. The molecule has 4 heterocycles. The first-order valence-electron chi connectivity index (χ1n) is 18.4. The fraction of sp³-hybridized carbons (Fsp3) is 0.277. The van der Waals surface area contributed by atoms with Crippen LogP contribution in [-0.2, 0) is 5.41 Å². The molecule has 8 rings (SSSR count). The van der Waals surface area contributed by atoms with E-state index >= 15 is 0 Å². The first kappa shape index (κ1) is 34.1. The van der Waals surface area contributed by atoms with E-state index in [9.17, 15) is 10.5 Å². The van der Waals surface area contributed by atoms with E-state index in [1.54, 1.807) is 14.2 Å². The molecule has 0 N–H and O–H groups in total. The predicted octanol–water partition coefficient (Wildman–Crippen LogP) is 10.5. The normalized spacial score (nSPS) is 17.2. The number of benzene rings is 4. The summed E-state index contributed by atoms with van der Waals surface area (Å²) in [5.74, 6) is 1.66. The molecule has 6 nitrogen and oxygen atoms in total. The van der Waals surface area contributed by atoms with E-state index in [-0.39, 0.29) is 5.41 Å². The van der Waals surface area contributed by atoms with Crippen molar-refractivity contribution in [3.05, 3.63) is 112 Å². The second-order valence-corrected chi connectivity index (χ2v) is 15.3.